The third-order valence-corrected chi connectivity index (χ3v) is 6.31. The van der Waals surface area contributed by atoms with Gasteiger partial charge in [-0.2, -0.15) is 0 Å². The molecule has 1 N–H and O–H groups in total. The molecule has 2 aromatic carbocycles. The standard InChI is InChI=1S/C15H10BrF5N2O2S/c1-6-5-22-8-4-7(16)2-3-9(8)23(6)26(24,25)15-13(20)11(18)10(17)12(19)14(15)21/h2-4,6,22H,5H2,1H3/t6-/m1/s1. The van der Waals surface area contributed by atoms with Gasteiger partial charge in [0.15, 0.2) is 28.2 Å². The van der Waals surface area contributed by atoms with Crippen molar-refractivity contribution < 1.29 is 30.4 Å². The summed E-state index contributed by atoms with van der Waals surface area (Å²) in [5, 5.41) is 2.94. The normalized spacial score (nSPS) is 17.0. The van der Waals surface area contributed by atoms with Crippen LogP contribution >= 0.6 is 15.9 Å². The lowest BCUT2D eigenvalue weighted by Crippen LogP contribution is -2.46. The highest BCUT2D eigenvalue weighted by Gasteiger charge is 2.41. The topological polar surface area (TPSA) is 49.4 Å². The molecule has 0 unspecified atom stereocenters. The molecule has 0 amide bonds. The Morgan fingerprint density at radius 3 is 2.15 bits per heavy atom. The number of halogens is 6. The molecule has 0 saturated carbocycles. The highest BCUT2D eigenvalue weighted by Crippen LogP contribution is 2.39. The van der Waals surface area contributed by atoms with Crippen LogP contribution in [0.15, 0.2) is 27.6 Å². The molecule has 140 valence electrons. The third-order valence-electron chi connectivity index (χ3n) is 3.87. The second kappa shape index (κ2) is 6.38. The fourth-order valence-electron chi connectivity index (χ4n) is 2.70. The van der Waals surface area contributed by atoms with E-state index in [1.807, 2.05) is 0 Å². The van der Waals surface area contributed by atoms with Gasteiger partial charge in [0.25, 0.3) is 10.0 Å². The molecule has 0 spiro atoms. The van der Waals surface area contributed by atoms with Crippen molar-refractivity contribution in [3.8, 4) is 0 Å². The summed E-state index contributed by atoms with van der Waals surface area (Å²) in [6.45, 7) is 1.50. The molecule has 1 aliphatic rings. The van der Waals surface area contributed by atoms with E-state index in [1.54, 1.807) is 0 Å². The summed E-state index contributed by atoms with van der Waals surface area (Å²) in [5.74, 6) is -11.9. The molecular formula is C15H10BrF5N2O2S. The van der Waals surface area contributed by atoms with Crippen LogP contribution in [-0.4, -0.2) is 21.0 Å². The van der Waals surface area contributed by atoms with Gasteiger partial charge < -0.3 is 5.32 Å². The van der Waals surface area contributed by atoms with Gasteiger partial charge in [0, 0.05) is 11.0 Å². The Hall–Kier alpha value is -1.88. The molecule has 3 rings (SSSR count). The van der Waals surface area contributed by atoms with E-state index in [-0.39, 0.29) is 12.2 Å². The van der Waals surface area contributed by atoms with Crippen molar-refractivity contribution in [1.82, 2.24) is 0 Å². The van der Waals surface area contributed by atoms with E-state index >= 15 is 0 Å². The minimum atomic E-state index is -5.08. The van der Waals surface area contributed by atoms with Crippen LogP contribution in [0.1, 0.15) is 6.92 Å². The number of sulfonamides is 1. The van der Waals surface area contributed by atoms with Crippen LogP contribution < -0.4 is 9.62 Å². The molecular weight excluding hydrogens is 447 g/mol. The van der Waals surface area contributed by atoms with Crippen molar-refractivity contribution in [2.75, 3.05) is 16.2 Å². The van der Waals surface area contributed by atoms with Gasteiger partial charge in [0.2, 0.25) is 5.82 Å². The number of fused-ring (bicyclic) bond motifs is 1. The van der Waals surface area contributed by atoms with Crippen LogP contribution in [0.4, 0.5) is 33.3 Å². The molecule has 1 heterocycles. The second-order valence-corrected chi connectivity index (χ2v) is 8.26. The molecule has 26 heavy (non-hydrogen) atoms. The van der Waals surface area contributed by atoms with E-state index in [1.165, 1.54) is 25.1 Å². The number of anilines is 2. The fourth-order valence-corrected chi connectivity index (χ4v) is 4.85. The van der Waals surface area contributed by atoms with E-state index in [9.17, 15) is 30.4 Å². The summed E-state index contributed by atoms with van der Waals surface area (Å²) in [4.78, 5) is -1.88. The van der Waals surface area contributed by atoms with Gasteiger partial charge in [-0.25, -0.2) is 30.4 Å². The summed E-state index contributed by atoms with van der Waals surface area (Å²) in [6.07, 6.45) is 0. The Bertz CT molecular complexity index is 987. The lowest BCUT2D eigenvalue weighted by molar-refractivity contribution is 0.357. The Morgan fingerprint density at radius 1 is 1.04 bits per heavy atom. The first-order valence-electron chi connectivity index (χ1n) is 7.16. The monoisotopic (exact) mass is 456 g/mol. The summed E-state index contributed by atoms with van der Waals surface area (Å²) in [7, 11) is -5.08. The zero-order chi connectivity index (χ0) is 19.4. The first-order valence-corrected chi connectivity index (χ1v) is 9.40. The maximum absolute atomic E-state index is 14.1. The van der Waals surface area contributed by atoms with E-state index in [0.717, 1.165) is 0 Å². The van der Waals surface area contributed by atoms with Crippen LogP contribution in [0.25, 0.3) is 0 Å². The average molecular weight is 457 g/mol. The molecule has 0 saturated heterocycles. The fraction of sp³-hybridized carbons (Fsp3) is 0.200. The maximum atomic E-state index is 14.1. The van der Waals surface area contributed by atoms with Crippen molar-refractivity contribution in [2.24, 2.45) is 0 Å². The third kappa shape index (κ3) is 2.73. The van der Waals surface area contributed by atoms with Gasteiger partial charge in [0.05, 0.1) is 17.4 Å². The predicted molar refractivity (Wildman–Crippen MR) is 88.0 cm³/mol. The van der Waals surface area contributed by atoms with Crippen molar-refractivity contribution >= 4 is 37.3 Å². The van der Waals surface area contributed by atoms with Crippen molar-refractivity contribution in [3.05, 3.63) is 51.8 Å². The summed E-state index contributed by atoms with van der Waals surface area (Å²) >= 11 is 3.20. The molecule has 0 bridgehead atoms. The number of hydrogen-bond donors (Lipinski definition) is 1. The molecule has 0 aromatic heterocycles. The van der Waals surface area contributed by atoms with Crippen molar-refractivity contribution in [1.29, 1.82) is 0 Å². The Morgan fingerprint density at radius 2 is 1.58 bits per heavy atom. The average Bonchev–Trinajstić information content (AvgIpc) is 2.58. The number of nitrogens with one attached hydrogen (secondary N) is 1. The second-order valence-electron chi connectivity index (χ2n) is 5.59. The summed E-state index contributed by atoms with van der Waals surface area (Å²) in [5.41, 5.74) is 0.348. The lowest BCUT2D eigenvalue weighted by atomic mass is 10.2. The van der Waals surface area contributed by atoms with Gasteiger partial charge in [0.1, 0.15) is 0 Å². The number of rotatable bonds is 2. The Kier molecular flexibility index (Phi) is 4.63. The van der Waals surface area contributed by atoms with Gasteiger partial charge in [-0.3, -0.25) is 4.31 Å². The van der Waals surface area contributed by atoms with E-state index in [4.69, 9.17) is 0 Å². The minimum absolute atomic E-state index is 0.0240. The van der Waals surface area contributed by atoms with Crippen LogP contribution in [0, 0.1) is 29.1 Å². The molecule has 1 atom stereocenters. The number of nitrogens with zero attached hydrogens (tertiary/aromatic N) is 1. The molecule has 4 nitrogen and oxygen atoms in total. The zero-order valence-electron chi connectivity index (χ0n) is 13.0. The van der Waals surface area contributed by atoms with Crippen molar-refractivity contribution in [3.63, 3.8) is 0 Å². The van der Waals surface area contributed by atoms with Crippen LogP contribution in [-0.2, 0) is 10.0 Å². The number of benzene rings is 2. The first kappa shape index (κ1) is 18.9. The maximum Gasteiger partial charge on any atom is 0.270 e. The van der Waals surface area contributed by atoms with Crippen molar-refractivity contribution in [2.45, 2.75) is 17.9 Å². The smallest absolute Gasteiger partial charge is 0.270 e. The summed E-state index contributed by atoms with van der Waals surface area (Å²) < 4.78 is 95.3. The predicted octanol–water partition coefficient (Wildman–Crippen LogP) is 4.15. The van der Waals surface area contributed by atoms with E-state index in [0.29, 0.717) is 14.5 Å². The van der Waals surface area contributed by atoms with E-state index in [2.05, 4.69) is 21.2 Å². The van der Waals surface area contributed by atoms with Crippen LogP contribution in [0.3, 0.4) is 0 Å². The van der Waals surface area contributed by atoms with Gasteiger partial charge in [-0.1, -0.05) is 15.9 Å². The molecule has 11 heteroatoms. The Labute approximate surface area is 153 Å². The SMILES string of the molecule is C[C@@H]1CNc2cc(Br)ccc2N1S(=O)(=O)c1c(F)c(F)c(F)c(F)c1F. The highest BCUT2D eigenvalue weighted by atomic mass is 79.9. The van der Waals surface area contributed by atoms with Gasteiger partial charge in [-0.05, 0) is 25.1 Å². The molecule has 1 aliphatic heterocycles. The van der Waals surface area contributed by atoms with Gasteiger partial charge in [-0.15, -0.1) is 0 Å². The number of hydrogen-bond acceptors (Lipinski definition) is 3. The van der Waals surface area contributed by atoms with E-state index < -0.39 is 50.0 Å². The molecule has 2 aromatic rings. The quantitative estimate of drug-likeness (QED) is 0.419. The van der Waals surface area contributed by atoms with Crippen LogP contribution in [0.5, 0.6) is 0 Å². The first-order chi connectivity index (χ1) is 12.1. The van der Waals surface area contributed by atoms with Gasteiger partial charge >= 0.3 is 0 Å². The molecule has 0 radical (unpaired) electrons. The highest BCUT2D eigenvalue weighted by molar-refractivity contribution is 9.10. The largest absolute Gasteiger partial charge is 0.381 e. The Balaban J connectivity index is 2.29. The van der Waals surface area contributed by atoms with Crippen LogP contribution in [0.2, 0.25) is 0 Å². The lowest BCUT2D eigenvalue weighted by Gasteiger charge is -2.36. The molecule has 0 aliphatic carbocycles. The minimum Gasteiger partial charge on any atom is -0.381 e. The zero-order valence-corrected chi connectivity index (χ0v) is 15.4. The summed E-state index contributed by atoms with van der Waals surface area (Å²) in [6, 6.07) is 3.52. The molecule has 0 fully saturated rings.